The first-order valence-electron chi connectivity index (χ1n) is 5.27. The Bertz CT molecular complexity index is 603. The van der Waals surface area contributed by atoms with Crippen molar-refractivity contribution in [2.45, 2.75) is 6.61 Å². The zero-order valence-electron chi connectivity index (χ0n) is 9.65. The van der Waals surface area contributed by atoms with Gasteiger partial charge in [0.25, 0.3) is 5.91 Å². The van der Waals surface area contributed by atoms with Crippen LogP contribution < -0.4 is 16.0 Å². The molecule has 1 heterocycles. The third-order valence-corrected chi connectivity index (χ3v) is 3.93. The normalized spacial score (nSPS) is 10.3. The lowest BCUT2D eigenvalue weighted by atomic mass is 10.2. The Morgan fingerprint density at radius 3 is 2.95 bits per heavy atom. The van der Waals surface area contributed by atoms with E-state index in [1.54, 1.807) is 11.4 Å². The molecule has 0 fully saturated rings. The molecule has 0 saturated carbocycles. The second kappa shape index (κ2) is 6.14. The summed E-state index contributed by atoms with van der Waals surface area (Å²) in [5.74, 6) is 4.90. The number of nitrogens with one attached hydrogen (secondary N) is 1. The van der Waals surface area contributed by atoms with Crippen LogP contribution in [0, 0.1) is 5.82 Å². The smallest absolute Gasteiger partial charge is 0.275 e. The fraction of sp³-hybridized carbons (Fsp3) is 0.0833. The number of nitrogen functional groups attached to an aromatic ring is 1. The van der Waals surface area contributed by atoms with Crippen LogP contribution in [0.15, 0.2) is 34.1 Å². The minimum atomic E-state index is -0.355. The largest absolute Gasteiger partial charge is 0.489 e. The minimum Gasteiger partial charge on any atom is -0.489 e. The molecule has 19 heavy (non-hydrogen) atoms. The molecule has 0 aliphatic heterocycles. The molecule has 1 aromatic carbocycles. The van der Waals surface area contributed by atoms with E-state index in [0.717, 1.165) is 5.56 Å². The first-order valence-corrected chi connectivity index (χ1v) is 6.94. The highest BCUT2D eigenvalue weighted by Crippen LogP contribution is 2.24. The zero-order valence-corrected chi connectivity index (χ0v) is 12.1. The summed E-state index contributed by atoms with van der Waals surface area (Å²) in [6, 6.07) is 6.15. The van der Waals surface area contributed by atoms with E-state index in [9.17, 15) is 9.18 Å². The van der Waals surface area contributed by atoms with E-state index < -0.39 is 0 Å². The van der Waals surface area contributed by atoms with Crippen LogP contribution in [0.4, 0.5) is 4.39 Å². The van der Waals surface area contributed by atoms with Gasteiger partial charge in [0.05, 0.1) is 9.35 Å². The fourth-order valence-corrected chi connectivity index (χ4v) is 2.61. The van der Waals surface area contributed by atoms with Crippen LogP contribution in [0.1, 0.15) is 15.2 Å². The van der Waals surface area contributed by atoms with Gasteiger partial charge in [-0.05, 0) is 45.6 Å². The van der Waals surface area contributed by atoms with Gasteiger partial charge in [0.1, 0.15) is 18.2 Å². The standard InChI is InChI=1S/C12H10BrFN2O2S/c13-9-5-8(1-2-10(9)14)18-6-7-3-4-19-11(7)12(17)16-15/h1-5H,6,15H2,(H,16,17). The van der Waals surface area contributed by atoms with Gasteiger partial charge in [-0.2, -0.15) is 0 Å². The third-order valence-electron chi connectivity index (χ3n) is 2.37. The minimum absolute atomic E-state index is 0.213. The molecule has 2 aromatic rings. The van der Waals surface area contributed by atoms with Crippen molar-refractivity contribution in [1.29, 1.82) is 0 Å². The summed E-state index contributed by atoms with van der Waals surface area (Å²) in [6.45, 7) is 0.213. The maximum atomic E-state index is 13.1. The van der Waals surface area contributed by atoms with Gasteiger partial charge in [-0.15, -0.1) is 11.3 Å². The second-order valence-corrected chi connectivity index (χ2v) is 5.38. The van der Waals surface area contributed by atoms with Crippen LogP contribution in [0.5, 0.6) is 5.75 Å². The molecule has 4 nitrogen and oxygen atoms in total. The van der Waals surface area contributed by atoms with E-state index in [-0.39, 0.29) is 18.3 Å². The molecule has 0 aliphatic rings. The fourth-order valence-electron chi connectivity index (χ4n) is 1.44. The lowest BCUT2D eigenvalue weighted by molar-refractivity contribution is 0.0955. The quantitative estimate of drug-likeness (QED) is 0.509. The molecule has 100 valence electrons. The van der Waals surface area contributed by atoms with Crippen LogP contribution in [0.3, 0.4) is 0 Å². The molecule has 3 N–H and O–H groups in total. The highest BCUT2D eigenvalue weighted by molar-refractivity contribution is 9.10. The molecule has 0 radical (unpaired) electrons. The Kier molecular flexibility index (Phi) is 4.52. The lowest BCUT2D eigenvalue weighted by Gasteiger charge is -2.07. The number of carbonyl (C=O) groups is 1. The summed E-state index contributed by atoms with van der Waals surface area (Å²) in [7, 11) is 0. The number of benzene rings is 1. The number of hydrogen-bond acceptors (Lipinski definition) is 4. The number of hydrogen-bond donors (Lipinski definition) is 2. The topological polar surface area (TPSA) is 64.3 Å². The molecule has 0 spiro atoms. The van der Waals surface area contributed by atoms with Crippen LogP contribution in [0.2, 0.25) is 0 Å². The van der Waals surface area contributed by atoms with Crippen LogP contribution in [-0.2, 0) is 6.61 Å². The molecule has 2 rings (SSSR count). The highest BCUT2D eigenvalue weighted by atomic mass is 79.9. The number of nitrogens with two attached hydrogens (primary N) is 1. The molecule has 0 bridgehead atoms. The van der Waals surface area contributed by atoms with E-state index in [1.165, 1.54) is 29.5 Å². The molecule has 7 heteroatoms. The summed E-state index contributed by atoms with van der Waals surface area (Å²) in [6.07, 6.45) is 0. The number of rotatable bonds is 4. The van der Waals surface area contributed by atoms with Gasteiger partial charge in [0.15, 0.2) is 0 Å². The summed E-state index contributed by atoms with van der Waals surface area (Å²) >= 11 is 4.36. The van der Waals surface area contributed by atoms with Crippen molar-refractivity contribution in [3.63, 3.8) is 0 Å². The summed E-state index contributed by atoms with van der Waals surface area (Å²) in [5, 5.41) is 1.78. The van der Waals surface area contributed by atoms with Crippen molar-refractivity contribution in [2.24, 2.45) is 5.84 Å². The van der Waals surface area contributed by atoms with Crippen LogP contribution in [-0.4, -0.2) is 5.91 Å². The van der Waals surface area contributed by atoms with E-state index in [1.807, 2.05) is 0 Å². The second-order valence-electron chi connectivity index (χ2n) is 3.61. The van der Waals surface area contributed by atoms with Crippen molar-refractivity contribution in [3.8, 4) is 5.75 Å². The Balaban J connectivity index is 2.08. The first kappa shape index (κ1) is 14.0. The van der Waals surface area contributed by atoms with E-state index in [4.69, 9.17) is 10.6 Å². The number of hydrazine groups is 1. The summed E-state index contributed by atoms with van der Waals surface area (Å²) in [4.78, 5) is 12.0. The van der Waals surface area contributed by atoms with Gasteiger partial charge < -0.3 is 4.74 Å². The summed E-state index contributed by atoms with van der Waals surface area (Å²) in [5.41, 5.74) is 2.81. The van der Waals surface area contributed by atoms with Gasteiger partial charge in [0.2, 0.25) is 0 Å². The van der Waals surface area contributed by atoms with Gasteiger partial charge >= 0.3 is 0 Å². The average molecular weight is 345 g/mol. The maximum Gasteiger partial charge on any atom is 0.275 e. The third kappa shape index (κ3) is 3.31. The monoisotopic (exact) mass is 344 g/mol. The number of amides is 1. The Hall–Kier alpha value is -1.44. The molecule has 1 aromatic heterocycles. The van der Waals surface area contributed by atoms with Gasteiger partial charge in [-0.1, -0.05) is 0 Å². The molecule has 1 amide bonds. The Morgan fingerprint density at radius 2 is 2.26 bits per heavy atom. The molecule has 0 unspecified atom stereocenters. The predicted molar refractivity (Wildman–Crippen MR) is 74.4 cm³/mol. The van der Waals surface area contributed by atoms with Crippen molar-refractivity contribution in [1.82, 2.24) is 5.43 Å². The SMILES string of the molecule is NNC(=O)c1sccc1COc1ccc(F)c(Br)c1. The lowest BCUT2D eigenvalue weighted by Crippen LogP contribution is -2.30. The highest BCUT2D eigenvalue weighted by Gasteiger charge is 2.12. The van der Waals surface area contributed by atoms with Crippen LogP contribution >= 0.6 is 27.3 Å². The molecule has 0 aliphatic carbocycles. The first-order chi connectivity index (χ1) is 9.11. The van der Waals surface area contributed by atoms with E-state index >= 15 is 0 Å². The maximum absolute atomic E-state index is 13.1. The molecular formula is C12H10BrFN2O2S. The van der Waals surface area contributed by atoms with E-state index in [0.29, 0.717) is 15.1 Å². The number of halogens is 2. The zero-order chi connectivity index (χ0) is 13.8. The number of ether oxygens (including phenoxy) is 1. The van der Waals surface area contributed by atoms with Gasteiger partial charge in [0, 0.05) is 5.56 Å². The summed E-state index contributed by atoms with van der Waals surface area (Å²) < 4.78 is 18.9. The predicted octanol–water partition coefficient (Wildman–Crippen LogP) is 2.83. The molecule has 0 saturated heterocycles. The molecular weight excluding hydrogens is 335 g/mol. The van der Waals surface area contributed by atoms with Gasteiger partial charge in [-0.3, -0.25) is 10.2 Å². The number of carbonyl (C=O) groups excluding carboxylic acids is 1. The van der Waals surface area contributed by atoms with Crippen molar-refractivity contribution >= 4 is 33.2 Å². The number of thiophene rings is 1. The average Bonchev–Trinajstić information content (AvgIpc) is 2.87. The van der Waals surface area contributed by atoms with Crippen molar-refractivity contribution in [2.75, 3.05) is 0 Å². The van der Waals surface area contributed by atoms with Crippen molar-refractivity contribution < 1.29 is 13.9 Å². The van der Waals surface area contributed by atoms with E-state index in [2.05, 4.69) is 21.4 Å². The Morgan fingerprint density at radius 1 is 1.47 bits per heavy atom. The molecule has 0 atom stereocenters. The van der Waals surface area contributed by atoms with Crippen LogP contribution in [0.25, 0.3) is 0 Å². The van der Waals surface area contributed by atoms with Crippen molar-refractivity contribution in [3.05, 3.63) is 50.4 Å². The van der Waals surface area contributed by atoms with Gasteiger partial charge in [-0.25, -0.2) is 10.2 Å². The Labute approximate surface area is 121 Å².